The summed E-state index contributed by atoms with van der Waals surface area (Å²) in [4.78, 5) is 12.0. The predicted molar refractivity (Wildman–Crippen MR) is 80.6 cm³/mol. The van der Waals surface area contributed by atoms with E-state index in [0.717, 1.165) is 19.4 Å². The van der Waals surface area contributed by atoms with E-state index in [4.69, 9.17) is 9.47 Å². The highest BCUT2D eigenvalue weighted by atomic mass is 19.1. The summed E-state index contributed by atoms with van der Waals surface area (Å²) >= 11 is 0. The van der Waals surface area contributed by atoms with Crippen LogP contribution in [0.15, 0.2) is 30.3 Å². The van der Waals surface area contributed by atoms with Gasteiger partial charge in [-0.25, -0.2) is 4.39 Å². The molecule has 0 spiro atoms. The zero-order valence-corrected chi connectivity index (χ0v) is 12.5. The number of aromatic amines is 1. The maximum atomic E-state index is 13.1. The lowest BCUT2D eigenvalue weighted by Gasteiger charge is -2.09. The fourth-order valence-electron chi connectivity index (χ4n) is 2.37. The molecule has 0 unspecified atom stereocenters. The Morgan fingerprint density at radius 2 is 2.39 bits per heavy atom. The molecule has 6 nitrogen and oxygen atoms in total. The molecule has 2 N–H and O–H groups in total. The number of amides is 1. The van der Waals surface area contributed by atoms with Crippen molar-refractivity contribution in [3.63, 3.8) is 0 Å². The van der Waals surface area contributed by atoms with Crippen molar-refractivity contribution in [3.8, 4) is 5.75 Å². The second kappa shape index (κ2) is 7.23. The number of nitrogens with one attached hydrogen (secondary N) is 2. The molecule has 0 radical (unpaired) electrons. The first kappa shape index (κ1) is 15.5. The average Bonchev–Trinajstić information content (AvgIpc) is 3.22. The number of halogens is 1. The van der Waals surface area contributed by atoms with Crippen molar-refractivity contribution in [3.05, 3.63) is 47.5 Å². The number of rotatable bonds is 6. The van der Waals surface area contributed by atoms with Gasteiger partial charge in [-0.2, -0.15) is 5.10 Å². The first-order chi connectivity index (χ1) is 11.2. The maximum absolute atomic E-state index is 13.1. The van der Waals surface area contributed by atoms with E-state index in [1.165, 1.54) is 12.1 Å². The lowest BCUT2D eigenvalue weighted by molar-refractivity contribution is 0.0853. The van der Waals surface area contributed by atoms with Crippen molar-refractivity contribution < 1.29 is 18.7 Å². The van der Waals surface area contributed by atoms with E-state index >= 15 is 0 Å². The van der Waals surface area contributed by atoms with E-state index in [-0.39, 0.29) is 24.4 Å². The number of carbonyl (C=O) groups excluding carboxylic acids is 1. The second-order valence-electron chi connectivity index (χ2n) is 5.37. The van der Waals surface area contributed by atoms with Crippen LogP contribution in [0.1, 0.15) is 29.0 Å². The molecule has 1 saturated heterocycles. The van der Waals surface area contributed by atoms with Crippen LogP contribution in [0.3, 0.4) is 0 Å². The number of ether oxygens (including phenoxy) is 2. The number of benzene rings is 1. The van der Waals surface area contributed by atoms with Gasteiger partial charge in [-0.05, 0) is 31.0 Å². The highest BCUT2D eigenvalue weighted by molar-refractivity contribution is 5.92. The lowest BCUT2D eigenvalue weighted by atomic mass is 10.2. The van der Waals surface area contributed by atoms with Gasteiger partial charge >= 0.3 is 0 Å². The van der Waals surface area contributed by atoms with E-state index in [1.54, 1.807) is 18.2 Å². The Bertz CT molecular complexity index is 668. The molecular formula is C16H18FN3O3. The minimum absolute atomic E-state index is 0.0914. The Morgan fingerprint density at radius 3 is 3.17 bits per heavy atom. The van der Waals surface area contributed by atoms with E-state index in [9.17, 15) is 9.18 Å². The van der Waals surface area contributed by atoms with E-state index in [2.05, 4.69) is 15.5 Å². The molecule has 1 amide bonds. The van der Waals surface area contributed by atoms with Gasteiger partial charge < -0.3 is 14.8 Å². The van der Waals surface area contributed by atoms with Gasteiger partial charge in [0.05, 0.1) is 11.8 Å². The molecule has 0 saturated carbocycles. The van der Waals surface area contributed by atoms with Crippen LogP contribution in [0.25, 0.3) is 0 Å². The lowest BCUT2D eigenvalue weighted by Crippen LogP contribution is -2.31. The normalized spacial score (nSPS) is 17.2. The molecule has 122 valence electrons. The SMILES string of the molecule is O=C(NC[C@H]1CCCO1)c1cc(COc2cccc(F)c2)[nH]n1. The fourth-order valence-corrected chi connectivity index (χ4v) is 2.37. The van der Waals surface area contributed by atoms with Gasteiger partial charge in [-0.15, -0.1) is 0 Å². The number of aromatic nitrogens is 2. The minimum atomic E-state index is -0.360. The Labute approximate surface area is 133 Å². The van der Waals surface area contributed by atoms with Crippen LogP contribution in [-0.4, -0.2) is 35.4 Å². The van der Waals surface area contributed by atoms with Crippen molar-refractivity contribution in [2.75, 3.05) is 13.2 Å². The molecule has 0 bridgehead atoms. The average molecular weight is 319 g/mol. The summed E-state index contributed by atoms with van der Waals surface area (Å²) in [6, 6.07) is 7.49. The molecule has 2 heterocycles. The molecule has 7 heteroatoms. The van der Waals surface area contributed by atoms with E-state index in [1.807, 2.05) is 0 Å². The summed E-state index contributed by atoms with van der Waals surface area (Å²) in [6.07, 6.45) is 2.09. The van der Waals surface area contributed by atoms with Crippen LogP contribution < -0.4 is 10.1 Å². The smallest absolute Gasteiger partial charge is 0.271 e. The molecule has 3 rings (SSSR count). The van der Waals surface area contributed by atoms with Crippen molar-refractivity contribution in [2.45, 2.75) is 25.6 Å². The molecule has 1 aliphatic heterocycles. The van der Waals surface area contributed by atoms with Crippen LogP contribution >= 0.6 is 0 Å². The van der Waals surface area contributed by atoms with Gasteiger partial charge in [0.1, 0.15) is 23.9 Å². The molecule has 1 aromatic heterocycles. The van der Waals surface area contributed by atoms with Crippen LogP contribution in [-0.2, 0) is 11.3 Å². The molecular weight excluding hydrogens is 301 g/mol. The third kappa shape index (κ3) is 4.29. The number of H-pyrrole nitrogens is 1. The molecule has 1 aromatic carbocycles. The molecule has 1 atom stereocenters. The quantitative estimate of drug-likeness (QED) is 0.854. The topological polar surface area (TPSA) is 76.2 Å². The van der Waals surface area contributed by atoms with Crippen LogP contribution in [0.2, 0.25) is 0 Å². The second-order valence-corrected chi connectivity index (χ2v) is 5.37. The molecule has 1 fully saturated rings. The summed E-state index contributed by atoms with van der Waals surface area (Å²) in [7, 11) is 0. The van der Waals surface area contributed by atoms with E-state index in [0.29, 0.717) is 23.7 Å². The number of nitrogens with zero attached hydrogens (tertiary/aromatic N) is 1. The van der Waals surface area contributed by atoms with Crippen molar-refractivity contribution in [1.82, 2.24) is 15.5 Å². The summed E-state index contributed by atoms with van der Waals surface area (Å²) in [5.41, 5.74) is 0.928. The summed E-state index contributed by atoms with van der Waals surface area (Å²) in [5.74, 6) is -0.195. The summed E-state index contributed by atoms with van der Waals surface area (Å²) in [5, 5.41) is 9.50. The number of carbonyl (C=O) groups is 1. The predicted octanol–water partition coefficient (Wildman–Crippen LogP) is 2.04. The highest BCUT2D eigenvalue weighted by Gasteiger charge is 2.17. The van der Waals surface area contributed by atoms with Crippen LogP contribution in [0, 0.1) is 5.82 Å². The molecule has 2 aromatic rings. The van der Waals surface area contributed by atoms with Crippen LogP contribution in [0.5, 0.6) is 5.75 Å². The third-order valence-corrected chi connectivity index (χ3v) is 3.57. The first-order valence-corrected chi connectivity index (χ1v) is 7.53. The first-order valence-electron chi connectivity index (χ1n) is 7.53. The Balaban J connectivity index is 1.49. The zero-order valence-electron chi connectivity index (χ0n) is 12.5. The van der Waals surface area contributed by atoms with Crippen LogP contribution in [0.4, 0.5) is 4.39 Å². The van der Waals surface area contributed by atoms with Gasteiger partial charge in [0.15, 0.2) is 0 Å². The van der Waals surface area contributed by atoms with E-state index < -0.39 is 0 Å². The largest absolute Gasteiger partial charge is 0.487 e. The Hall–Kier alpha value is -2.41. The monoisotopic (exact) mass is 319 g/mol. The molecule has 0 aliphatic carbocycles. The summed E-state index contributed by atoms with van der Waals surface area (Å²) in [6.45, 7) is 1.42. The number of hydrogen-bond acceptors (Lipinski definition) is 4. The van der Waals surface area contributed by atoms with Gasteiger partial charge in [-0.3, -0.25) is 9.89 Å². The minimum Gasteiger partial charge on any atom is -0.487 e. The van der Waals surface area contributed by atoms with Crippen molar-refractivity contribution in [1.29, 1.82) is 0 Å². The van der Waals surface area contributed by atoms with Gasteiger partial charge in [0.25, 0.3) is 5.91 Å². The van der Waals surface area contributed by atoms with Gasteiger partial charge in [-0.1, -0.05) is 6.07 Å². The highest BCUT2D eigenvalue weighted by Crippen LogP contribution is 2.14. The molecule has 1 aliphatic rings. The van der Waals surface area contributed by atoms with Gasteiger partial charge in [0, 0.05) is 19.2 Å². The Kier molecular flexibility index (Phi) is 4.87. The van der Waals surface area contributed by atoms with Crippen molar-refractivity contribution >= 4 is 5.91 Å². The maximum Gasteiger partial charge on any atom is 0.271 e. The summed E-state index contributed by atoms with van der Waals surface area (Å²) < 4.78 is 23.9. The molecule has 23 heavy (non-hydrogen) atoms. The van der Waals surface area contributed by atoms with Gasteiger partial charge in [0.2, 0.25) is 0 Å². The van der Waals surface area contributed by atoms with Crippen molar-refractivity contribution in [2.24, 2.45) is 0 Å². The zero-order chi connectivity index (χ0) is 16.1. The standard InChI is InChI=1S/C16H18FN3O3/c17-11-3-1-4-13(7-11)23-10-12-8-15(20-19-12)16(21)18-9-14-5-2-6-22-14/h1,3-4,7-8,14H,2,5-6,9-10H2,(H,18,21)(H,19,20)/t14-/m1/s1. The third-order valence-electron chi connectivity index (χ3n) is 3.57. The Morgan fingerprint density at radius 1 is 1.48 bits per heavy atom. The fraction of sp³-hybridized carbons (Fsp3) is 0.375. The number of hydrogen-bond donors (Lipinski definition) is 2.